The van der Waals surface area contributed by atoms with Crippen LogP contribution in [0.1, 0.15) is 323 Å². The number of unbranched alkanes of at least 4 members (excludes halogenated alkanes) is 39. The molecule has 0 aliphatic carbocycles. The maximum absolute atomic E-state index is 12.8. The molecule has 0 aromatic heterocycles. The summed E-state index contributed by atoms with van der Waals surface area (Å²) in [5.74, 6) is -0.865. The van der Waals surface area contributed by atoms with Crippen molar-refractivity contribution in [2.24, 2.45) is 0 Å². The molecule has 0 saturated carbocycles. The van der Waals surface area contributed by atoms with Crippen molar-refractivity contribution in [3.63, 3.8) is 0 Å². The van der Waals surface area contributed by atoms with E-state index in [-0.39, 0.29) is 31.1 Å². The van der Waals surface area contributed by atoms with Gasteiger partial charge in [0.1, 0.15) is 13.2 Å². The SMILES string of the molecule is CCCCCC/C=C\C/C=C\CCCCCCCC(=O)OC(COC(=O)CCCCCCCCCCCCC)COC(=O)CCCCCCCCCCCCCCCCCCCCCCC. The summed E-state index contributed by atoms with van der Waals surface area (Å²) < 4.78 is 16.9. The molecule has 0 aliphatic heterocycles. The molecule has 0 saturated heterocycles. The highest BCUT2D eigenvalue weighted by molar-refractivity contribution is 5.71. The number of hydrogen-bond donors (Lipinski definition) is 0. The predicted molar refractivity (Wildman–Crippen MR) is 284 cm³/mol. The number of hydrogen-bond acceptors (Lipinski definition) is 6. The Labute approximate surface area is 411 Å². The zero-order chi connectivity index (χ0) is 47.9. The van der Waals surface area contributed by atoms with Crippen molar-refractivity contribution >= 4 is 17.9 Å². The molecule has 6 heteroatoms. The maximum atomic E-state index is 12.8. The third-order valence-electron chi connectivity index (χ3n) is 13.2. The molecule has 0 bridgehead atoms. The molecule has 66 heavy (non-hydrogen) atoms. The zero-order valence-electron chi connectivity index (χ0n) is 44.5. The quantitative estimate of drug-likeness (QED) is 0.0262. The molecule has 0 amide bonds. The van der Waals surface area contributed by atoms with Crippen molar-refractivity contribution in [3.8, 4) is 0 Å². The lowest BCUT2D eigenvalue weighted by Gasteiger charge is -2.18. The summed E-state index contributed by atoms with van der Waals surface area (Å²) >= 11 is 0. The first-order valence-corrected chi connectivity index (χ1v) is 29.3. The van der Waals surface area contributed by atoms with Gasteiger partial charge in [-0.15, -0.1) is 0 Å². The number of esters is 3. The topological polar surface area (TPSA) is 78.9 Å². The summed E-state index contributed by atoms with van der Waals surface area (Å²) in [7, 11) is 0. The maximum Gasteiger partial charge on any atom is 0.306 e. The zero-order valence-corrected chi connectivity index (χ0v) is 44.5. The van der Waals surface area contributed by atoms with E-state index >= 15 is 0 Å². The van der Waals surface area contributed by atoms with Crippen LogP contribution in [0.4, 0.5) is 0 Å². The molecule has 0 aliphatic rings. The number of ether oxygens (including phenoxy) is 3. The van der Waals surface area contributed by atoms with E-state index in [1.54, 1.807) is 0 Å². The van der Waals surface area contributed by atoms with Gasteiger partial charge < -0.3 is 14.2 Å². The Balaban J connectivity index is 4.26. The van der Waals surface area contributed by atoms with Gasteiger partial charge in [0.2, 0.25) is 0 Å². The van der Waals surface area contributed by atoms with Gasteiger partial charge in [0, 0.05) is 19.3 Å². The van der Waals surface area contributed by atoms with Gasteiger partial charge in [0.15, 0.2) is 6.10 Å². The molecular formula is C60H112O6. The van der Waals surface area contributed by atoms with Crippen LogP contribution >= 0.6 is 0 Å². The lowest BCUT2D eigenvalue weighted by molar-refractivity contribution is -0.167. The number of allylic oxidation sites excluding steroid dienone is 4. The standard InChI is InChI=1S/C60H112O6/c1-4-7-10-13-16-19-22-24-26-28-29-30-31-32-34-35-38-41-44-47-50-53-59(62)65-56-57(55-64-58(61)52-49-46-43-40-37-21-18-15-12-9-6-3)66-60(63)54-51-48-45-42-39-36-33-27-25-23-20-17-14-11-8-5-2/h20,23,27,33,57H,4-19,21-22,24-26,28-32,34-56H2,1-3H3/b23-20-,33-27-. The summed E-state index contributed by atoms with van der Waals surface area (Å²) in [6, 6.07) is 0. The molecule has 0 radical (unpaired) electrons. The molecule has 1 atom stereocenters. The van der Waals surface area contributed by atoms with Crippen molar-refractivity contribution < 1.29 is 28.6 Å². The smallest absolute Gasteiger partial charge is 0.306 e. The Hall–Kier alpha value is -2.11. The molecule has 0 aromatic carbocycles. The third-order valence-corrected chi connectivity index (χ3v) is 13.2. The Bertz CT molecular complexity index is 1070. The molecule has 0 fully saturated rings. The Morgan fingerprint density at radius 2 is 0.545 bits per heavy atom. The average molecular weight is 930 g/mol. The van der Waals surface area contributed by atoms with Crippen LogP contribution in [-0.4, -0.2) is 37.2 Å². The summed E-state index contributed by atoms with van der Waals surface area (Å²) in [6.45, 7) is 6.65. The number of carbonyl (C=O) groups excluding carboxylic acids is 3. The molecule has 388 valence electrons. The minimum absolute atomic E-state index is 0.0716. The molecule has 6 nitrogen and oxygen atoms in total. The Morgan fingerprint density at radius 1 is 0.303 bits per heavy atom. The van der Waals surface area contributed by atoms with Crippen molar-refractivity contribution in [1.29, 1.82) is 0 Å². The first-order valence-electron chi connectivity index (χ1n) is 29.3. The number of carbonyl (C=O) groups is 3. The second kappa shape index (κ2) is 55.5. The van der Waals surface area contributed by atoms with Crippen molar-refractivity contribution in [2.45, 2.75) is 329 Å². The highest BCUT2D eigenvalue weighted by Crippen LogP contribution is 2.17. The number of rotatable bonds is 54. The fourth-order valence-corrected chi connectivity index (χ4v) is 8.77. The fraction of sp³-hybridized carbons (Fsp3) is 0.883. The highest BCUT2D eigenvalue weighted by atomic mass is 16.6. The van der Waals surface area contributed by atoms with Gasteiger partial charge in [-0.3, -0.25) is 14.4 Å². The summed E-state index contributed by atoms with van der Waals surface area (Å²) in [5, 5.41) is 0. The van der Waals surface area contributed by atoms with Crippen molar-refractivity contribution in [2.75, 3.05) is 13.2 Å². The van der Waals surface area contributed by atoms with Gasteiger partial charge in [-0.05, 0) is 51.4 Å². The van der Waals surface area contributed by atoms with E-state index in [1.807, 2.05) is 0 Å². The third kappa shape index (κ3) is 52.9. The lowest BCUT2D eigenvalue weighted by atomic mass is 10.0. The second-order valence-corrected chi connectivity index (χ2v) is 19.9. The second-order valence-electron chi connectivity index (χ2n) is 19.9. The van der Waals surface area contributed by atoms with Crippen molar-refractivity contribution in [3.05, 3.63) is 24.3 Å². The van der Waals surface area contributed by atoms with Crippen molar-refractivity contribution in [1.82, 2.24) is 0 Å². The van der Waals surface area contributed by atoms with Crippen LogP contribution in [0.25, 0.3) is 0 Å². The lowest BCUT2D eigenvalue weighted by Crippen LogP contribution is -2.30. The van der Waals surface area contributed by atoms with Crippen LogP contribution in [0.3, 0.4) is 0 Å². The monoisotopic (exact) mass is 929 g/mol. The van der Waals surface area contributed by atoms with Gasteiger partial charge in [-0.1, -0.05) is 276 Å². The van der Waals surface area contributed by atoms with Gasteiger partial charge in [0.25, 0.3) is 0 Å². The van der Waals surface area contributed by atoms with E-state index in [2.05, 4.69) is 45.1 Å². The van der Waals surface area contributed by atoms with Crippen LogP contribution in [-0.2, 0) is 28.6 Å². The minimum Gasteiger partial charge on any atom is -0.462 e. The minimum atomic E-state index is -0.773. The molecule has 0 heterocycles. The summed E-state index contributed by atoms with van der Waals surface area (Å²) in [5.41, 5.74) is 0. The van der Waals surface area contributed by atoms with Gasteiger partial charge in [-0.2, -0.15) is 0 Å². The molecule has 0 N–H and O–H groups in total. The van der Waals surface area contributed by atoms with E-state index in [1.165, 1.54) is 205 Å². The van der Waals surface area contributed by atoms with E-state index in [4.69, 9.17) is 14.2 Å². The van der Waals surface area contributed by atoms with E-state index in [0.717, 1.165) is 77.0 Å². The molecule has 0 rings (SSSR count). The van der Waals surface area contributed by atoms with E-state index in [9.17, 15) is 14.4 Å². The first kappa shape index (κ1) is 63.9. The first-order chi connectivity index (χ1) is 32.5. The Morgan fingerprint density at radius 3 is 0.848 bits per heavy atom. The average Bonchev–Trinajstić information content (AvgIpc) is 3.31. The van der Waals surface area contributed by atoms with Crippen LogP contribution < -0.4 is 0 Å². The highest BCUT2D eigenvalue weighted by Gasteiger charge is 2.19. The molecular weight excluding hydrogens is 817 g/mol. The van der Waals surface area contributed by atoms with Gasteiger partial charge >= 0.3 is 17.9 Å². The molecule has 1 unspecified atom stereocenters. The van der Waals surface area contributed by atoms with Crippen LogP contribution in [0.5, 0.6) is 0 Å². The normalized spacial score (nSPS) is 12.1. The fourth-order valence-electron chi connectivity index (χ4n) is 8.77. The summed E-state index contributed by atoms with van der Waals surface area (Å²) in [4.78, 5) is 38.1. The largest absolute Gasteiger partial charge is 0.462 e. The van der Waals surface area contributed by atoms with Crippen LogP contribution in [0.15, 0.2) is 24.3 Å². The predicted octanol–water partition coefficient (Wildman–Crippen LogP) is 19.5. The van der Waals surface area contributed by atoms with E-state index in [0.29, 0.717) is 19.3 Å². The molecule has 0 spiro atoms. The van der Waals surface area contributed by atoms with E-state index < -0.39 is 6.10 Å². The van der Waals surface area contributed by atoms with Crippen LogP contribution in [0.2, 0.25) is 0 Å². The van der Waals surface area contributed by atoms with Gasteiger partial charge in [0.05, 0.1) is 0 Å². The summed E-state index contributed by atoms with van der Waals surface area (Å²) in [6.07, 6.45) is 64.6. The van der Waals surface area contributed by atoms with Crippen LogP contribution in [0, 0.1) is 0 Å². The molecule has 0 aromatic rings. The Kier molecular flexibility index (Phi) is 53.7. The van der Waals surface area contributed by atoms with Gasteiger partial charge in [-0.25, -0.2) is 0 Å².